The molecule has 0 fully saturated rings. The fraction of sp³-hybridized carbons (Fsp3) is 0.382. The molecule has 9 heteroatoms. The summed E-state index contributed by atoms with van der Waals surface area (Å²) in [5.41, 5.74) is 3.23. The second-order valence-electron chi connectivity index (χ2n) is 14.0. The van der Waals surface area contributed by atoms with Crippen LogP contribution in [0.2, 0.25) is 36.3 Å². The van der Waals surface area contributed by atoms with Crippen LogP contribution in [0.5, 0.6) is 11.5 Å². The van der Waals surface area contributed by atoms with Crippen molar-refractivity contribution in [2.45, 2.75) is 84.2 Å². The van der Waals surface area contributed by atoms with Gasteiger partial charge in [0.05, 0.1) is 23.2 Å². The Kier molecular flexibility index (Phi) is 9.39. The van der Waals surface area contributed by atoms with Crippen LogP contribution in [0.4, 0.5) is 5.82 Å². The predicted molar refractivity (Wildman–Crippen MR) is 185 cm³/mol. The van der Waals surface area contributed by atoms with Crippen LogP contribution in [0.25, 0.3) is 21.8 Å². The van der Waals surface area contributed by atoms with Gasteiger partial charge in [0.2, 0.25) is 22.5 Å². The Bertz CT molecular complexity index is 1540. The Morgan fingerprint density at radius 1 is 0.814 bits per heavy atom. The monoisotopic (exact) mass is 631 g/mol. The third-order valence-electron chi connectivity index (χ3n) is 8.58. The fourth-order valence-corrected chi connectivity index (χ4v) is 6.61. The van der Waals surface area contributed by atoms with Crippen LogP contribution in [0, 0.1) is 0 Å². The molecule has 0 radical (unpaired) electrons. The maximum Gasteiger partial charge on any atom is 0.250 e. The van der Waals surface area contributed by atoms with Crippen molar-refractivity contribution >= 4 is 39.7 Å². The molecule has 0 bridgehead atoms. The van der Waals surface area contributed by atoms with Crippen molar-refractivity contribution in [1.82, 2.24) is 9.97 Å². The summed E-state index contributed by atoms with van der Waals surface area (Å²) in [5, 5.41) is 5.23. The first-order valence-electron chi connectivity index (χ1n) is 14.7. The molecule has 4 aromatic rings. The standard InChI is InChI=1S/C34H45N3O3SSi2/c1-33(2,3)42(7,8)39-26-17-13-24(14-18-26)22-30(38)37-32-31(29-12-11-21-41-29)36-28(23-35-32)25-15-19-27(20-16-25)40-43(9,10)34(4,5)6/h11-21,23H,22H2,1-10H3,(H,35,37,38). The summed E-state index contributed by atoms with van der Waals surface area (Å²) in [6.07, 6.45) is 1.94. The van der Waals surface area contributed by atoms with E-state index in [1.807, 2.05) is 66.0 Å². The molecular weight excluding hydrogens is 587 g/mol. The molecule has 0 spiro atoms. The van der Waals surface area contributed by atoms with Gasteiger partial charge in [-0.3, -0.25) is 4.79 Å². The zero-order chi connectivity index (χ0) is 31.6. The second kappa shape index (κ2) is 12.4. The van der Waals surface area contributed by atoms with Crippen molar-refractivity contribution in [1.29, 1.82) is 0 Å². The Labute approximate surface area is 263 Å². The largest absolute Gasteiger partial charge is 0.544 e. The molecule has 0 aliphatic carbocycles. The fourth-order valence-electron chi connectivity index (χ4n) is 3.83. The van der Waals surface area contributed by atoms with Crippen molar-refractivity contribution in [3.8, 4) is 33.3 Å². The summed E-state index contributed by atoms with van der Waals surface area (Å²) < 4.78 is 12.8. The minimum Gasteiger partial charge on any atom is -0.544 e. The quantitative estimate of drug-likeness (QED) is 0.186. The smallest absolute Gasteiger partial charge is 0.250 e. The van der Waals surface area contributed by atoms with E-state index in [0.29, 0.717) is 11.5 Å². The number of hydrogen-bond acceptors (Lipinski definition) is 6. The van der Waals surface area contributed by atoms with Crippen LogP contribution >= 0.6 is 11.3 Å². The second-order valence-corrected chi connectivity index (χ2v) is 24.4. The number of carbonyl (C=O) groups is 1. The maximum absolute atomic E-state index is 13.1. The first-order chi connectivity index (χ1) is 19.9. The van der Waals surface area contributed by atoms with Gasteiger partial charge in [-0.05, 0) is 89.7 Å². The topological polar surface area (TPSA) is 73.3 Å². The molecule has 0 atom stereocenters. The first-order valence-corrected chi connectivity index (χ1v) is 21.4. The van der Waals surface area contributed by atoms with E-state index in [-0.39, 0.29) is 22.4 Å². The Morgan fingerprint density at radius 3 is 1.84 bits per heavy atom. The van der Waals surface area contributed by atoms with E-state index in [9.17, 15) is 4.79 Å². The Hall–Kier alpha value is -3.28. The van der Waals surface area contributed by atoms with Crippen molar-refractivity contribution in [3.05, 3.63) is 77.8 Å². The molecule has 0 saturated heterocycles. The molecule has 0 saturated carbocycles. The normalized spacial score (nSPS) is 12.6. The van der Waals surface area contributed by atoms with E-state index in [1.54, 1.807) is 17.5 Å². The van der Waals surface area contributed by atoms with Crippen LogP contribution < -0.4 is 14.2 Å². The van der Waals surface area contributed by atoms with Gasteiger partial charge >= 0.3 is 0 Å². The van der Waals surface area contributed by atoms with Crippen LogP contribution in [0.15, 0.2) is 72.2 Å². The predicted octanol–water partition coefficient (Wildman–Crippen LogP) is 9.82. The lowest BCUT2D eigenvalue weighted by atomic mass is 10.1. The van der Waals surface area contributed by atoms with Crippen molar-refractivity contribution in [2.75, 3.05) is 5.32 Å². The summed E-state index contributed by atoms with van der Waals surface area (Å²) in [7, 11) is -3.86. The zero-order valence-corrected chi connectivity index (χ0v) is 30.0. The molecule has 0 aliphatic heterocycles. The molecule has 2 aromatic carbocycles. The number of rotatable bonds is 9. The number of benzene rings is 2. The van der Waals surface area contributed by atoms with Crippen molar-refractivity contribution in [2.24, 2.45) is 0 Å². The highest BCUT2D eigenvalue weighted by Gasteiger charge is 2.39. The van der Waals surface area contributed by atoms with Gasteiger partial charge < -0.3 is 14.2 Å². The van der Waals surface area contributed by atoms with E-state index in [4.69, 9.17) is 13.8 Å². The Balaban J connectivity index is 1.49. The number of nitrogens with zero attached hydrogens (tertiary/aromatic N) is 2. The van der Waals surface area contributed by atoms with Gasteiger partial charge in [-0.1, -0.05) is 59.7 Å². The molecular formula is C34H45N3O3SSi2. The van der Waals surface area contributed by atoms with Crippen LogP contribution in [0.3, 0.4) is 0 Å². The van der Waals surface area contributed by atoms with Gasteiger partial charge in [-0.25, -0.2) is 9.97 Å². The average molecular weight is 632 g/mol. The molecule has 1 N–H and O–H groups in total. The van der Waals surface area contributed by atoms with E-state index >= 15 is 0 Å². The molecule has 43 heavy (non-hydrogen) atoms. The van der Waals surface area contributed by atoms with Gasteiger partial charge in [0.15, 0.2) is 5.82 Å². The molecule has 0 aliphatic rings. The minimum atomic E-state index is -1.93. The summed E-state index contributed by atoms with van der Waals surface area (Å²) in [4.78, 5) is 23.7. The molecule has 228 valence electrons. The summed E-state index contributed by atoms with van der Waals surface area (Å²) >= 11 is 1.56. The lowest BCUT2D eigenvalue weighted by molar-refractivity contribution is -0.115. The van der Waals surface area contributed by atoms with Gasteiger partial charge in [-0.15, -0.1) is 11.3 Å². The average Bonchev–Trinajstić information content (AvgIpc) is 3.44. The van der Waals surface area contributed by atoms with Crippen LogP contribution in [-0.4, -0.2) is 32.5 Å². The molecule has 2 heterocycles. The summed E-state index contributed by atoms with van der Waals surface area (Å²) in [5.74, 6) is 2.01. The van der Waals surface area contributed by atoms with Crippen molar-refractivity contribution < 1.29 is 13.6 Å². The van der Waals surface area contributed by atoms with Gasteiger partial charge in [0.1, 0.15) is 17.2 Å². The van der Waals surface area contributed by atoms with E-state index < -0.39 is 16.6 Å². The van der Waals surface area contributed by atoms with Gasteiger partial charge in [0, 0.05) is 5.56 Å². The lowest BCUT2D eigenvalue weighted by Crippen LogP contribution is -2.43. The highest BCUT2D eigenvalue weighted by molar-refractivity contribution is 7.13. The molecule has 1 amide bonds. The number of hydrogen-bond donors (Lipinski definition) is 1. The molecule has 4 rings (SSSR count). The first kappa shape index (κ1) is 32.6. The lowest BCUT2D eigenvalue weighted by Gasteiger charge is -2.36. The van der Waals surface area contributed by atoms with Gasteiger partial charge in [-0.2, -0.15) is 0 Å². The Morgan fingerprint density at radius 2 is 1.35 bits per heavy atom. The molecule has 2 aromatic heterocycles. The van der Waals surface area contributed by atoms with Crippen LogP contribution in [-0.2, 0) is 11.2 Å². The third kappa shape index (κ3) is 8.01. The maximum atomic E-state index is 13.1. The van der Waals surface area contributed by atoms with E-state index in [2.05, 4.69) is 78.0 Å². The highest BCUT2D eigenvalue weighted by atomic mass is 32.1. The summed E-state index contributed by atoms with van der Waals surface area (Å²) in [6, 6.07) is 19.8. The minimum absolute atomic E-state index is 0.116. The van der Waals surface area contributed by atoms with E-state index in [1.165, 1.54) is 0 Å². The number of carbonyl (C=O) groups excluding carboxylic acids is 1. The van der Waals surface area contributed by atoms with Crippen molar-refractivity contribution in [3.63, 3.8) is 0 Å². The summed E-state index contributed by atoms with van der Waals surface area (Å²) in [6.45, 7) is 22.3. The zero-order valence-electron chi connectivity index (χ0n) is 27.2. The number of thiophene rings is 1. The number of nitrogens with one attached hydrogen (secondary N) is 1. The van der Waals surface area contributed by atoms with Crippen LogP contribution in [0.1, 0.15) is 47.1 Å². The third-order valence-corrected chi connectivity index (χ3v) is 18.2. The highest BCUT2D eigenvalue weighted by Crippen LogP contribution is 2.39. The number of amides is 1. The number of aromatic nitrogens is 2. The van der Waals surface area contributed by atoms with Gasteiger partial charge in [0.25, 0.3) is 0 Å². The van der Waals surface area contributed by atoms with E-state index in [0.717, 1.165) is 33.2 Å². The molecule has 6 nitrogen and oxygen atoms in total. The number of anilines is 1. The SMILES string of the molecule is CC(C)(C)[Si](C)(C)Oc1ccc(CC(=O)Nc2ncc(-c3ccc(O[Si](C)(C)C(C)(C)C)cc3)nc2-c2cccs2)cc1. The molecule has 0 unspecified atom stereocenters.